The first-order valence-electron chi connectivity index (χ1n) is 5.81. The molecule has 0 aliphatic rings. The molecule has 18 heavy (non-hydrogen) atoms. The average molecular weight is 244 g/mol. The summed E-state index contributed by atoms with van der Waals surface area (Å²) in [5.41, 5.74) is 8.01. The number of aryl methyl sites for hydroxylation is 1. The molecule has 0 radical (unpaired) electrons. The van der Waals surface area contributed by atoms with Crippen LogP contribution in [0.5, 0.6) is 0 Å². The van der Waals surface area contributed by atoms with Crippen LogP contribution in [-0.2, 0) is 13.0 Å². The van der Waals surface area contributed by atoms with Crippen molar-refractivity contribution >= 4 is 5.84 Å². The van der Waals surface area contributed by atoms with E-state index < -0.39 is 0 Å². The summed E-state index contributed by atoms with van der Waals surface area (Å²) in [6.45, 7) is 2.77. The first-order chi connectivity index (χ1) is 8.74. The predicted octanol–water partition coefficient (Wildman–Crippen LogP) is 1.59. The highest BCUT2D eigenvalue weighted by molar-refractivity contribution is 5.93. The molecular formula is C13H16N4O. The molecular weight excluding hydrogens is 228 g/mol. The van der Waals surface area contributed by atoms with Gasteiger partial charge >= 0.3 is 0 Å². The first kappa shape index (κ1) is 12.2. The number of aromatic nitrogens is 2. The molecule has 94 valence electrons. The van der Waals surface area contributed by atoms with E-state index in [1.54, 1.807) is 12.4 Å². The summed E-state index contributed by atoms with van der Waals surface area (Å²) in [4.78, 5) is 4.06. The van der Waals surface area contributed by atoms with Crippen molar-refractivity contribution < 1.29 is 5.21 Å². The molecule has 0 fully saturated rings. The number of rotatable bonds is 4. The van der Waals surface area contributed by atoms with Gasteiger partial charge in [0.15, 0.2) is 5.82 Å². The van der Waals surface area contributed by atoms with E-state index in [0.29, 0.717) is 12.4 Å². The second-order valence-corrected chi connectivity index (χ2v) is 4.03. The van der Waals surface area contributed by atoms with Gasteiger partial charge < -0.3 is 15.5 Å². The van der Waals surface area contributed by atoms with Crippen molar-refractivity contribution in [1.29, 1.82) is 0 Å². The van der Waals surface area contributed by atoms with Gasteiger partial charge in [0.2, 0.25) is 5.84 Å². The molecule has 5 heteroatoms. The van der Waals surface area contributed by atoms with Gasteiger partial charge in [-0.25, -0.2) is 4.98 Å². The summed E-state index contributed by atoms with van der Waals surface area (Å²) in [5, 5.41) is 11.6. The summed E-state index contributed by atoms with van der Waals surface area (Å²) in [6, 6.07) is 8.37. The third-order valence-corrected chi connectivity index (χ3v) is 2.84. The molecule has 0 bridgehead atoms. The Morgan fingerprint density at radius 3 is 2.61 bits per heavy atom. The second-order valence-electron chi connectivity index (χ2n) is 4.03. The monoisotopic (exact) mass is 244 g/mol. The molecule has 2 aromatic rings. The maximum Gasteiger partial charge on any atom is 0.206 e. The fourth-order valence-electron chi connectivity index (χ4n) is 1.79. The number of oxime groups is 1. The molecule has 1 aromatic carbocycles. The minimum absolute atomic E-state index is 0.0187. The van der Waals surface area contributed by atoms with Crippen molar-refractivity contribution in [2.75, 3.05) is 0 Å². The highest BCUT2D eigenvalue weighted by atomic mass is 16.4. The average Bonchev–Trinajstić information content (AvgIpc) is 2.87. The van der Waals surface area contributed by atoms with Crippen LogP contribution >= 0.6 is 0 Å². The molecule has 3 N–H and O–H groups in total. The number of imidazole rings is 1. The highest BCUT2D eigenvalue weighted by Crippen LogP contribution is 2.08. The van der Waals surface area contributed by atoms with Crippen LogP contribution in [0.1, 0.15) is 23.9 Å². The van der Waals surface area contributed by atoms with Gasteiger partial charge in [0.25, 0.3) is 0 Å². The van der Waals surface area contributed by atoms with Gasteiger partial charge in [-0.15, -0.1) is 0 Å². The molecule has 1 heterocycles. The van der Waals surface area contributed by atoms with Crippen molar-refractivity contribution in [3.05, 3.63) is 53.6 Å². The zero-order chi connectivity index (χ0) is 13.0. The summed E-state index contributed by atoms with van der Waals surface area (Å²) in [7, 11) is 0. The third kappa shape index (κ3) is 2.51. The van der Waals surface area contributed by atoms with E-state index >= 15 is 0 Å². The number of hydrogen-bond donors (Lipinski definition) is 2. The lowest BCUT2D eigenvalue weighted by atomic mass is 10.1. The molecule has 0 saturated carbocycles. The number of nitrogens with zero attached hydrogens (tertiary/aromatic N) is 3. The van der Waals surface area contributed by atoms with Crippen molar-refractivity contribution in [2.45, 2.75) is 19.9 Å². The van der Waals surface area contributed by atoms with Gasteiger partial charge in [-0.2, -0.15) is 0 Å². The van der Waals surface area contributed by atoms with Crippen LogP contribution in [0, 0.1) is 0 Å². The Morgan fingerprint density at radius 1 is 1.33 bits per heavy atom. The third-order valence-electron chi connectivity index (χ3n) is 2.84. The molecule has 0 atom stereocenters. The van der Waals surface area contributed by atoms with Crippen LogP contribution in [0.4, 0.5) is 0 Å². The predicted molar refractivity (Wildman–Crippen MR) is 69.7 cm³/mol. The van der Waals surface area contributed by atoms with E-state index in [-0.39, 0.29) is 5.84 Å². The largest absolute Gasteiger partial charge is 0.409 e. The molecule has 0 unspecified atom stereocenters. The Labute approximate surface area is 106 Å². The van der Waals surface area contributed by atoms with Crippen molar-refractivity contribution in [3.8, 4) is 0 Å². The Kier molecular flexibility index (Phi) is 3.62. The zero-order valence-corrected chi connectivity index (χ0v) is 10.2. The SMILES string of the molecule is CCc1ccc(Cn2ccnc2C(N)=NO)cc1. The van der Waals surface area contributed by atoms with Crippen LogP contribution < -0.4 is 5.73 Å². The molecule has 0 aliphatic carbocycles. The summed E-state index contributed by atoms with van der Waals surface area (Å²) in [5.74, 6) is 0.488. The van der Waals surface area contributed by atoms with Crippen LogP contribution in [0.3, 0.4) is 0 Å². The molecule has 0 spiro atoms. The van der Waals surface area contributed by atoms with Gasteiger partial charge in [-0.1, -0.05) is 36.3 Å². The van der Waals surface area contributed by atoms with Crippen molar-refractivity contribution in [1.82, 2.24) is 9.55 Å². The highest BCUT2D eigenvalue weighted by Gasteiger charge is 2.07. The first-order valence-corrected chi connectivity index (χ1v) is 5.81. The van der Waals surface area contributed by atoms with Crippen LogP contribution in [0.25, 0.3) is 0 Å². The summed E-state index contributed by atoms with van der Waals surface area (Å²) in [6.07, 6.45) is 4.47. The Balaban J connectivity index is 2.21. The normalized spacial score (nSPS) is 11.7. The van der Waals surface area contributed by atoms with E-state index in [1.807, 2.05) is 4.57 Å². The number of amidine groups is 1. The lowest BCUT2D eigenvalue weighted by Gasteiger charge is -2.07. The fraction of sp³-hybridized carbons (Fsp3) is 0.231. The van der Waals surface area contributed by atoms with Gasteiger partial charge in [-0.3, -0.25) is 0 Å². The fourth-order valence-corrected chi connectivity index (χ4v) is 1.79. The quantitative estimate of drug-likeness (QED) is 0.371. The Bertz CT molecular complexity index is 542. The number of nitrogens with two attached hydrogens (primary N) is 1. The molecule has 2 rings (SSSR count). The van der Waals surface area contributed by atoms with Gasteiger partial charge in [-0.05, 0) is 17.5 Å². The van der Waals surface area contributed by atoms with E-state index in [1.165, 1.54) is 5.56 Å². The van der Waals surface area contributed by atoms with Crippen molar-refractivity contribution in [2.24, 2.45) is 10.9 Å². The van der Waals surface area contributed by atoms with Crippen LogP contribution in [0.2, 0.25) is 0 Å². The minimum Gasteiger partial charge on any atom is -0.409 e. The Morgan fingerprint density at radius 2 is 2.00 bits per heavy atom. The molecule has 1 aromatic heterocycles. The topological polar surface area (TPSA) is 76.4 Å². The summed E-state index contributed by atoms with van der Waals surface area (Å²) >= 11 is 0. The summed E-state index contributed by atoms with van der Waals surface area (Å²) < 4.78 is 1.84. The number of benzene rings is 1. The van der Waals surface area contributed by atoms with E-state index in [4.69, 9.17) is 10.9 Å². The maximum atomic E-state index is 8.68. The molecule has 0 aliphatic heterocycles. The van der Waals surface area contributed by atoms with Crippen LogP contribution in [0.15, 0.2) is 41.8 Å². The molecule has 0 amide bonds. The lowest BCUT2D eigenvalue weighted by Crippen LogP contribution is -2.19. The lowest BCUT2D eigenvalue weighted by molar-refractivity contribution is 0.318. The molecule has 0 saturated heterocycles. The van der Waals surface area contributed by atoms with Gasteiger partial charge in [0, 0.05) is 18.9 Å². The van der Waals surface area contributed by atoms with Gasteiger partial charge in [0.05, 0.1) is 0 Å². The van der Waals surface area contributed by atoms with E-state index in [0.717, 1.165) is 12.0 Å². The number of hydrogen-bond acceptors (Lipinski definition) is 3. The van der Waals surface area contributed by atoms with E-state index in [9.17, 15) is 0 Å². The molecule has 5 nitrogen and oxygen atoms in total. The van der Waals surface area contributed by atoms with E-state index in [2.05, 4.69) is 41.3 Å². The maximum absolute atomic E-state index is 8.68. The smallest absolute Gasteiger partial charge is 0.206 e. The van der Waals surface area contributed by atoms with Crippen LogP contribution in [-0.4, -0.2) is 20.6 Å². The standard InChI is InChI=1S/C13H16N4O/c1-2-10-3-5-11(6-4-10)9-17-8-7-15-13(17)12(14)16-18/h3-8,18H,2,9H2,1H3,(H2,14,16). The van der Waals surface area contributed by atoms with Gasteiger partial charge in [0.1, 0.15) is 0 Å². The zero-order valence-electron chi connectivity index (χ0n) is 10.2. The van der Waals surface area contributed by atoms with Crippen molar-refractivity contribution in [3.63, 3.8) is 0 Å². The second kappa shape index (κ2) is 5.35. The minimum atomic E-state index is 0.0187. The Hall–Kier alpha value is -2.30.